The molecule has 0 saturated heterocycles. The van der Waals surface area contributed by atoms with Gasteiger partial charge in [-0.3, -0.25) is 4.90 Å². The lowest BCUT2D eigenvalue weighted by molar-refractivity contribution is 0.210. The van der Waals surface area contributed by atoms with Crippen molar-refractivity contribution in [3.05, 3.63) is 126 Å². The van der Waals surface area contributed by atoms with Crippen molar-refractivity contribution in [3.8, 4) is 22.6 Å². The fourth-order valence-electron chi connectivity index (χ4n) is 5.22. The van der Waals surface area contributed by atoms with Gasteiger partial charge in [0.1, 0.15) is 11.6 Å². The maximum atomic E-state index is 5.32. The Hall–Kier alpha value is -4.26. The second-order valence-electron chi connectivity index (χ2n) is 10.6. The van der Waals surface area contributed by atoms with Crippen LogP contribution in [0.2, 0.25) is 0 Å². The summed E-state index contributed by atoms with van der Waals surface area (Å²) in [6, 6.07) is 36.1. The molecule has 0 spiro atoms. The summed E-state index contributed by atoms with van der Waals surface area (Å²) in [5, 5.41) is 3.32. The largest absolute Gasteiger partial charge is 0.383 e. The van der Waals surface area contributed by atoms with E-state index in [1.54, 1.807) is 7.11 Å². The van der Waals surface area contributed by atoms with E-state index in [2.05, 4.69) is 130 Å². The summed E-state index contributed by atoms with van der Waals surface area (Å²) < 4.78 is 7.61. The van der Waals surface area contributed by atoms with E-state index < -0.39 is 0 Å². The van der Waals surface area contributed by atoms with Gasteiger partial charge in [-0.2, -0.15) is 0 Å². The van der Waals surface area contributed by atoms with Gasteiger partial charge in [0.25, 0.3) is 0 Å². The monoisotopic (exact) mass is 559 g/mol. The molecule has 3 aromatic carbocycles. The molecule has 2 aromatic heterocycles. The summed E-state index contributed by atoms with van der Waals surface area (Å²) in [7, 11) is 1.71. The van der Waals surface area contributed by atoms with Gasteiger partial charge in [0, 0.05) is 57.2 Å². The Balaban J connectivity index is 1.53. The number of anilines is 1. The molecule has 0 unspecified atom stereocenters. The summed E-state index contributed by atoms with van der Waals surface area (Å²) in [6.07, 6.45) is 4.20. The summed E-state index contributed by atoms with van der Waals surface area (Å²) in [4.78, 5) is 12.5. The van der Waals surface area contributed by atoms with E-state index >= 15 is 0 Å². The minimum absolute atomic E-state index is 0.648. The lowest BCUT2D eigenvalue weighted by atomic mass is 10.1. The average molecular weight is 560 g/mol. The van der Waals surface area contributed by atoms with Crippen LogP contribution in [0.25, 0.3) is 22.6 Å². The van der Waals surface area contributed by atoms with E-state index in [1.165, 1.54) is 16.8 Å². The van der Waals surface area contributed by atoms with Crippen LogP contribution >= 0.6 is 0 Å². The molecule has 6 heteroatoms. The van der Waals surface area contributed by atoms with Crippen molar-refractivity contribution >= 4 is 5.82 Å². The number of nitrogens with zero attached hydrogens (tertiary/aromatic N) is 4. The number of aromatic nitrogens is 3. The van der Waals surface area contributed by atoms with Crippen LogP contribution in [-0.2, 0) is 30.9 Å². The quantitative estimate of drug-likeness (QED) is 0.133. The van der Waals surface area contributed by atoms with E-state index in [4.69, 9.17) is 9.72 Å². The van der Waals surface area contributed by atoms with Crippen molar-refractivity contribution in [2.45, 2.75) is 45.9 Å². The number of pyridine rings is 1. The molecule has 1 N–H and O–H groups in total. The number of methoxy groups -OCH3 is 1. The SMILES string of the molecule is CCCCn1c(-c2ccccc2)nc(-c2ccccc2)c1CN(Cc1ccccc1)Cc1ccc(NCCOC)nc1. The van der Waals surface area contributed by atoms with Gasteiger partial charge in [-0.15, -0.1) is 0 Å². The van der Waals surface area contributed by atoms with Crippen LogP contribution in [0.5, 0.6) is 0 Å². The molecule has 0 bridgehead atoms. The van der Waals surface area contributed by atoms with Crippen LogP contribution in [0, 0.1) is 0 Å². The lowest BCUT2D eigenvalue weighted by Crippen LogP contribution is -2.24. The summed E-state index contributed by atoms with van der Waals surface area (Å²) >= 11 is 0. The molecular weight excluding hydrogens is 518 g/mol. The normalized spacial score (nSPS) is 11.2. The Morgan fingerprint density at radius 2 is 1.43 bits per heavy atom. The molecule has 0 aliphatic rings. The highest BCUT2D eigenvalue weighted by Gasteiger charge is 2.22. The van der Waals surface area contributed by atoms with Crippen molar-refractivity contribution in [1.82, 2.24) is 19.4 Å². The van der Waals surface area contributed by atoms with Crippen LogP contribution in [0.1, 0.15) is 36.6 Å². The van der Waals surface area contributed by atoms with E-state index in [0.717, 1.165) is 74.0 Å². The van der Waals surface area contributed by atoms with Gasteiger partial charge in [0.15, 0.2) is 0 Å². The molecule has 6 nitrogen and oxygen atoms in total. The number of nitrogens with one attached hydrogen (secondary N) is 1. The van der Waals surface area contributed by atoms with Crippen LogP contribution in [0.15, 0.2) is 109 Å². The van der Waals surface area contributed by atoms with Crippen molar-refractivity contribution in [1.29, 1.82) is 0 Å². The standard InChI is InChI=1S/C36H41N5O/c1-3-4-23-41-33(35(31-16-10-6-11-17-31)39-36(41)32-18-12-7-13-19-32)28-40(26-29-14-8-5-9-15-29)27-30-20-21-34(38-25-30)37-22-24-42-2/h5-21,25H,3-4,22-24,26-28H2,1-2H3,(H,37,38). The molecular formula is C36H41N5O. The Morgan fingerprint density at radius 3 is 2.07 bits per heavy atom. The average Bonchev–Trinajstić information content (AvgIpc) is 3.40. The third kappa shape index (κ3) is 7.72. The molecule has 42 heavy (non-hydrogen) atoms. The summed E-state index contributed by atoms with van der Waals surface area (Å²) in [5.41, 5.74) is 7.05. The zero-order chi connectivity index (χ0) is 29.0. The first-order valence-electron chi connectivity index (χ1n) is 14.9. The van der Waals surface area contributed by atoms with Gasteiger partial charge in [0.05, 0.1) is 18.0 Å². The summed E-state index contributed by atoms with van der Waals surface area (Å²) in [6.45, 7) is 6.91. The topological polar surface area (TPSA) is 55.2 Å². The van der Waals surface area contributed by atoms with Gasteiger partial charge in [0.2, 0.25) is 0 Å². The highest BCUT2D eigenvalue weighted by atomic mass is 16.5. The molecule has 0 aliphatic heterocycles. The first-order chi connectivity index (χ1) is 20.7. The number of unbranched alkanes of at least 4 members (excludes halogenated alkanes) is 1. The first kappa shape index (κ1) is 29.2. The van der Waals surface area contributed by atoms with Gasteiger partial charge in [-0.05, 0) is 23.6 Å². The minimum atomic E-state index is 0.648. The highest BCUT2D eigenvalue weighted by Crippen LogP contribution is 2.31. The fourth-order valence-corrected chi connectivity index (χ4v) is 5.22. The molecule has 0 atom stereocenters. The van der Waals surface area contributed by atoms with E-state index in [1.807, 2.05) is 6.20 Å². The Labute approximate surface area is 250 Å². The van der Waals surface area contributed by atoms with Crippen LogP contribution < -0.4 is 5.32 Å². The van der Waals surface area contributed by atoms with Crippen molar-refractivity contribution in [3.63, 3.8) is 0 Å². The van der Waals surface area contributed by atoms with Gasteiger partial charge in [-0.1, -0.05) is 110 Å². The number of benzene rings is 3. The molecule has 5 aromatic rings. The minimum Gasteiger partial charge on any atom is -0.383 e. The third-order valence-electron chi connectivity index (χ3n) is 7.35. The van der Waals surface area contributed by atoms with Gasteiger partial charge >= 0.3 is 0 Å². The maximum Gasteiger partial charge on any atom is 0.140 e. The predicted molar refractivity (Wildman–Crippen MR) is 172 cm³/mol. The molecule has 0 saturated carbocycles. The number of ether oxygens (including phenoxy) is 1. The number of hydrogen-bond donors (Lipinski definition) is 1. The first-order valence-corrected chi connectivity index (χ1v) is 14.9. The number of rotatable bonds is 15. The van der Waals surface area contributed by atoms with Crippen LogP contribution in [0.3, 0.4) is 0 Å². The zero-order valence-corrected chi connectivity index (χ0v) is 24.7. The Kier molecular flexibility index (Phi) is 10.5. The van der Waals surface area contributed by atoms with Crippen LogP contribution in [0.4, 0.5) is 5.82 Å². The van der Waals surface area contributed by atoms with Crippen LogP contribution in [-0.4, -0.2) is 39.7 Å². The summed E-state index contributed by atoms with van der Waals surface area (Å²) in [5.74, 6) is 1.90. The molecule has 0 fully saturated rings. The number of imidazole rings is 1. The maximum absolute atomic E-state index is 5.32. The van der Waals surface area contributed by atoms with Crippen molar-refractivity contribution in [2.24, 2.45) is 0 Å². The van der Waals surface area contributed by atoms with Crippen molar-refractivity contribution in [2.75, 3.05) is 25.6 Å². The molecule has 0 amide bonds. The molecule has 5 rings (SSSR count). The zero-order valence-electron chi connectivity index (χ0n) is 24.7. The number of hydrogen-bond acceptors (Lipinski definition) is 5. The van der Waals surface area contributed by atoms with Gasteiger partial charge in [-0.25, -0.2) is 9.97 Å². The fraction of sp³-hybridized carbons (Fsp3) is 0.278. The molecule has 0 radical (unpaired) electrons. The van der Waals surface area contributed by atoms with E-state index in [0.29, 0.717) is 6.61 Å². The Bertz CT molecular complexity index is 1490. The van der Waals surface area contributed by atoms with E-state index in [9.17, 15) is 0 Å². The molecule has 2 heterocycles. The van der Waals surface area contributed by atoms with Crippen molar-refractivity contribution < 1.29 is 4.74 Å². The molecule has 216 valence electrons. The van der Waals surface area contributed by atoms with Gasteiger partial charge < -0.3 is 14.6 Å². The molecule has 0 aliphatic carbocycles. The van der Waals surface area contributed by atoms with E-state index in [-0.39, 0.29) is 0 Å². The second-order valence-corrected chi connectivity index (χ2v) is 10.6. The third-order valence-corrected chi connectivity index (χ3v) is 7.35. The Morgan fingerprint density at radius 1 is 0.762 bits per heavy atom. The smallest absolute Gasteiger partial charge is 0.140 e. The predicted octanol–water partition coefficient (Wildman–Crippen LogP) is 7.67. The highest BCUT2D eigenvalue weighted by molar-refractivity contribution is 5.68. The second kappa shape index (κ2) is 15.1. The lowest BCUT2D eigenvalue weighted by Gasteiger charge is -2.24.